The molecule has 38 heavy (non-hydrogen) atoms. The predicted octanol–water partition coefficient (Wildman–Crippen LogP) is 4.96. The maximum atomic E-state index is 14.8. The van der Waals surface area contributed by atoms with Gasteiger partial charge in [0.05, 0.1) is 11.2 Å². The minimum absolute atomic E-state index is 0.0126. The second-order valence-electron chi connectivity index (χ2n) is 10.7. The standard InChI is InChI=1S/C29H47FN6OS/c1-9-28(37)35-15-13-34(14-16-35)26-18-36(23(26)6)25-17-27(32-29(21(25)4)22(5)30)33(10-2)12-11-20(3)24(7)38-19-31-8/h9,17,19-20,22-24,26H,1,10-16,18H2,2-8H3/b31-19-. The van der Waals surface area contributed by atoms with Crippen LogP contribution in [0.3, 0.4) is 0 Å². The Kier molecular flexibility index (Phi) is 11.0. The van der Waals surface area contributed by atoms with E-state index in [0.29, 0.717) is 28.9 Å². The molecular formula is C29H47FN6OS. The highest BCUT2D eigenvalue weighted by atomic mass is 32.2. The molecule has 2 aliphatic heterocycles. The van der Waals surface area contributed by atoms with E-state index in [4.69, 9.17) is 4.98 Å². The van der Waals surface area contributed by atoms with Crippen LogP contribution in [0.1, 0.15) is 58.5 Å². The third-order valence-electron chi connectivity index (χ3n) is 8.40. The highest BCUT2D eigenvalue weighted by Gasteiger charge is 2.41. The van der Waals surface area contributed by atoms with Crippen molar-refractivity contribution in [1.82, 2.24) is 14.8 Å². The fraction of sp³-hybridized carbons (Fsp3) is 0.690. The summed E-state index contributed by atoms with van der Waals surface area (Å²) >= 11 is 1.77. The number of piperazine rings is 1. The summed E-state index contributed by atoms with van der Waals surface area (Å²) < 4.78 is 14.8. The first-order chi connectivity index (χ1) is 18.1. The molecular weight excluding hydrogens is 499 g/mol. The summed E-state index contributed by atoms with van der Waals surface area (Å²) in [6.07, 6.45) is 1.31. The minimum atomic E-state index is -1.13. The molecule has 1 aromatic heterocycles. The molecule has 0 N–H and O–H groups in total. The number of rotatable bonds is 12. The van der Waals surface area contributed by atoms with Gasteiger partial charge in [-0.05, 0) is 51.7 Å². The van der Waals surface area contributed by atoms with Crippen LogP contribution in [-0.4, -0.2) is 96.4 Å². The Hall–Kier alpha value is -2.13. The molecule has 5 atom stereocenters. The molecule has 0 aliphatic carbocycles. The number of aromatic nitrogens is 1. The van der Waals surface area contributed by atoms with Crippen LogP contribution in [0.2, 0.25) is 0 Å². The van der Waals surface area contributed by atoms with Crippen LogP contribution < -0.4 is 9.80 Å². The lowest BCUT2D eigenvalue weighted by atomic mass is 9.93. The van der Waals surface area contributed by atoms with Gasteiger partial charge in [0.1, 0.15) is 12.0 Å². The molecule has 0 saturated carbocycles. The monoisotopic (exact) mass is 546 g/mol. The number of nitrogens with zero attached hydrogens (tertiary/aromatic N) is 6. The number of carbonyl (C=O) groups excluding carboxylic acids is 1. The van der Waals surface area contributed by atoms with E-state index in [-0.39, 0.29) is 5.91 Å². The van der Waals surface area contributed by atoms with Crippen molar-refractivity contribution in [3.05, 3.63) is 30.0 Å². The van der Waals surface area contributed by atoms with Gasteiger partial charge in [-0.2, -0.15) is 0 Å². The van der Waals surface area contributed by atoms with Gasteiger partial charge in [-0.1, -0.05) is 20.4 Å². The predicted molar refractivity (Wildman–Crippen MR) is 161 cm³/mol. The van der Waals surface area contributed by atoms with E-state index < -0.39 is 6.17 Å². The Balaban J connectivity index is 1.73. The van der Waals surface area contributed by atoms with Crippen molar-refractivity contribution in [2.24, 2.45) is 10.9 Å². The second kappa shape index (κ2) is 13.8. The lowest BCUT2D eigenvalue weighted by Gasteiger charge is -2.54. The first kappa shape index (κ1) is 30.4. The molecule has 2 aliphatic rings. The van der Waals surface area contributed by atoms with Crippen LogP contribution >= 0.6 is 11.8 Å². The zero-order valence-electron chi connectivity index (χ0n) is 24.4. The maximum Gasteiger partial charge on any atom is 0.246 e. The van der Waals surface area contributed by atoms with Gasteiger partial charge >= 0.3 is 0 Å². The average Bonchev–Trinajstić information content (AvgIpc) is 2.91. The number of aliphatic imine (C=N–C) groups is 1. The summed E-state index contributed by atoms with van der Waals surface area (Å²) in [5, 5.41) is 0.482. The van der Waals surface area contributed by atoms with Crippen LogP contribution in [-0.2, 0) is 4.79 Å². The number of hydrogen-bond acceptors (Lipinski definition) is 7. The first-order valence-corrected chi connectivity index (χ1v) is 15.0. The van der Waals surface area contributed by atoms with Crippen LogP contribution in [0, 0.1) is 12.8 Å². The van der Waals surface area contributed by atoms with Gasteiger partial charge < -0.3 is 14.7 Å². The van der Waals surface area contributed by atoms with Crippen molar-refractivity contribution in [3.8, 4) is 0 Å². The van der Waals surface area contributed by atoms with Crippen molar-refractivity contribution < 1.29 is 9.18 Å². The molecule has 2 saturated heterocycles. The Morgan fingerprint density at radius 1 is 1.32 bits per heavy atom. The summed E-state index contributed by atoms with van der Waals surface area (Å²) in [5.74, 6) is 1.40. The van der Waals surface area contributed by atoms with Gasteiger partial charge in [-0.25, -0.2) is 9.37 Å². The van der Waals surface area contributed by atoms with Crippen LogP contribution in [0.15, 0.2) is 23.7 Å². The van der Waals surface area contributed by atoms with E-state index in [0.717, 1.165) is 69.3 Å². The molecule has 3 rings (SSSR count). The van der Waals surface area contributed by atoms with Gasteiger partial charge in [-0.3, -0.25) is 14.7 Å². The molecule has 0 aromatic carbocycles. The van der Waals surface area contributed by atoms with Crippen molar-refractivity contribution in [3.63, 3.8) is 0 Å². The third kappa shape index (κ3) is 6.89. The van der Waals surface area contributed by atoms with E-state index in [1.54, 1.807) is 25.7 Å². The lowest BCUT2D eigenvalue weighted by molar-refractivity contribution is -0.128. The maximum absolute atomic E-state index is 14.8. The number of thioether (sulfide) groups is 1. The minimum Gasteiger partial charge on any atom is -0.365 e. The summed E-state index contributed by atoms with van der Waals surface area (Å²) in [5.41, 5.74) is 4.49. The van der Waals surface area contributed by atoms with E-state index in [1.807, 2.05) is 17.4 Å². The molecule has 7 nitrogen and oxygen atoms in total. The molecule has 5 unspecified atom stereocenters. The average molecular weight is 547 g/mol. The first-order valence-electron chi connectivity index (χ1n) is 14.0. The molecule has 0 spiro atoms. The number of alkyl halides is 1. The zero-order valence-corrected chi connectivity index (χ0v) is 25.2. The molecule has 0 radical (unpaired) electrons. The highest BCUT2D eigenvalue weighted by molar-refractivity contribution is 8.12. The Morgan fingerprint density at radius 3 is 2.55 bits per heavy atom. The van der Waals surface area contributed by atoms with Gasteiger partial charge in [-0.15, -0.1) is 11.8 Å². The molecule has 1 aromatic rings. The second-order valence-corrected chi connectivity index (χ2v) is 11.9. The van der Waals surface area contributed by atoms with Gasteiger partial charge in [0.2, 0.25) is 5.91 Å². The van der Waals surface area contributed by atoms with E-state index in [1.165, 1.54) is 6.08 Å². The third-order valence-corrected chi connectivity index (χ3v) is 9.63. The normalized spacial score (nSPS) is 22.7. The van der Waals surface area contributed by atoms with Crippen LogP contribution in [0.4, 0.5) is 15.9 Å². The largest absolute Gasteiger partial charge is 0.365 e. The van der Waals surface area contributed by atoms with Gasteiger partial charge in [0.25, 0.3) is 0 Å². The molecule has 3 heterocycles. The SMILES string of the molecule is C=CC(=O)N1CCN(C2CN(c3cc(N(CC)CCC(C)C(C)S/C=N\C)nc(C(C)F)c3C)C2C)CC1. The Morgan fingerprint density at radius 2 is 2.00 bits per heavy atom. The smallest absolute Gasteiger partial charge is 0.246 e. The number of hydrogen-bond donors (Lipinski definition) is 0. The highest BCUT2D eigenvalue weighted by Crippen LogP contribution is 2.38. The Bertz CT molecular complexity index is 980. The summed E-state index contributed by atoms with van der Waals surface area (Å²) in [6, 6.07) is 2.90. The number of carbonyl (C=O) groups is 1. The van der Waals surface area contributed by atoms with E-state index >= 15 is 0 Å². The van der Waals surface area contributed by atoms with Gasteiger partial charge in [0, 0.05) is 81.9 Å². The van der Waals surface area contributed by atoms with E-state index in [2.05, 4.69) is 60.0 Å². The van der Waals surface area contributed by atoms with Crippen molar-refractivity contribution >= 4 is 34.7 Å². The summed E-state index contributed by atoms with van der Waals surface area (Å²) in [7, 11) is 1.81. The van der Waals surface area contributed by atoms with Crippen LogP contribution in [0.25, 0.3) is 0 Å². The zero-order chi connectivity index (χ0) is 28.0. The number of anilines is 2. The lowest BCUT2D eigenvalue weighted by Crippen LogP contribution is -2.68. The molecule has 1 amide bonds. The molecule has 9 heteroatoms. The number of halogens is 1. The fourth-order valence-electron chi connectivity index (χ4n) is 5.50. The van der Waals surface area contributed by atoms with Crippen molar-refractivity contribution in [2.45, 2.75) is 71.5 Å². The quantitative estimate of drug-likeness (QED) is 0.210. The summed E-state index contributed by atoms with van der Waals surface area (Å²) in [6.45, 7) is 22.0. The number of pyridine rings is 1. The fourth-order valence-corrected chi connectivity index (χ4v) is 6.22. The van der Waals surface area contributed by atoms with Crippen molar-refractivity contribution in [1.29, 1.82) is 0 Å². The van der Waals surface area contributed by atoms with Crippen LogP contribution in [0.5, 0.6) is 0 Å². The Labute approximate surface area is 233 Å². The molecule has 212 valence electrons. The van der Waals surface area contributed by atoms with Gasteiger partial charge in [0.15, 0.2) is 0 Å². The van der Waals surface area contributed by atoms with E-state index in [9.17, 15) is 9.18 Å². The van der Waals surface area contributed by atoms with Crippen molar-refractivity contribution in [2.75, 3.05) is 62.7 Å². The number of amides is 1. The summed E-state index contributed by atoms with van der Waals surface area (Å²) in [4.78, 5) is 29.9. The topological polar surface area (TPSA) is 55.3 Å². The molecule has 0 bridgehead atoms. The molecule has 2 fully saturated rings.